The first-order chi connectivity index (χ1) is 8.95. The molecule has 0 aliphatic rings. The quantitative estimate of drug-likeness (QED) is 0.610. The number of nitrogens with one attached hydrogen (secondary N) is 1. The molecule has 1 N–H and O–H groups in total. The van der Waals surface area contributed by atoms with E-state index in [1.807, 2.05) is 6.92 Å². The van der Waals surface area contributed by atoms with Crippen LogP contribution in [0.4, 0.5) is 0 Å². The SMILES string of the molecule is COC(=O)CCCCNS(=O)(=O)c1ccc(C)cc1. The zero-order chi connectivity index (χ0) is 14.3. The van der Waals surface area contributed by atoms with Gasteiger partial charge in [0.2, 0.25) is 10.0 Å². The minimum atomic E-state index is -3.45. The van der Waals surface area contributed by atoms with Crippen molar-refractivity contribution in [1.82, 2.24) is 4.72 Å². The minimum Gasteiger partial charge on any atom is -0.469 e. The average molecular weight is 285 g/mol. The monoisotopic (exact) mass is 285 g/mol. The molecule has 0 spiro atoms. The Labute approximate surface area is 114 Å². The molecule has 19 heavy (non-hydrogen) atoms. The highest BCUT2D eigenvalue weighted by molar-refractivity contribution is 7.89. The number of carbonyl (C=O) groups is 1. The molecule has 0 saturated carbocycles. The summed E-state index contributed by atoms with van der Waals surface area (Å²) in [6, 6.07) is 6.66. The topological polar surface area (TPSA) is 72.5 Å². The van der Waals surface area contributed by atoms with Gasteiger partial charge in [-0.3, -0.25) is 4.79 Å². The van der Waals surface area contributed by atoms with E-state index in [2.05, 4.69) is 9.46 Å². The summed E-state index contributed by atoms with van der Waals surface area (Å²) in [7, 11) is -2.11. The van der Waals surface area contributed by atoms with E-state index < -0.39 is 10.0 Å². The van der Waals surface area contributed by atoms with Gasteiger partial charge in [0.25, 0.3) is 0 Å². The molecule has 6 heteroatoms. The molecule has 0 fully saturated rings. The van der Waals surface area contributed by atoms with Crippen molar-refractivity contribution in [2.45, 2.75) is 31.1 Å². The fourth-order valence-electron chi connectivity index (χ4n) is 1.50. The fourth-order valence-corrected chi connectivity index (χ4v) is 2.58. The van der Waals surface area contributed by atoms with E-state index >= 15 is 0 Å². The van der Waals surface area contributed by atoms with Crippen molar-refractivity contribution in [2.75, 3.05) is 13.7 Å². The minimum absolute atomic E-state index is 0.256. The molecule has 0 radical (unpaired) electrons. The van der Waals surface area contributed by atoms with Crippen LogP contribution in [0.5, 0.6) is 0 Å². The second kappa shape index (κ2) is 7.25. The van der Waals surface area contributed by atoms with E-state index in [0.717, 1.165) is 5.56 Å². The largest absolute Gasteiger partial charge is 0.469 e. The van der Waals surface area contributed by atoms with Crippen molar-refractivity contribution >= 4 is 16.0 Å². The lowest BCUT2D eigenvalue weighted by molar-refractivity contribution is -0.140. The van der Waals surface area contributed by atoms with Gasteiger partial charge >= 0.3 is 5.97 Å². The standard InChI is InChI=1S/C13H19NO4S/c1-11-6-8-12(9-7-11)19(16,17)14-10-4-3-5-13(15)18-2/h6-9,14H,3-5,10H2,1-2H3. The molecule has 1 aromatic rings. The Kier molecular flexibility index (Phi) is 5.98. The number of ether oxygens (including phenoxy) is 1. The van der Waals surface area contributed by atoms with E-state index in [4.69, 9.17) is 0 Å². The first kappa shape index (κ1) is 15.7. The lowest BCUT2D eigenvalue weighted by atomic mass is 10.2. The molecule has 1 aromatic carbocycles. The van der Waals surface area contributed by atoms with E-state index in [1.54, 1.807) is 24.3 Å². The lowest BCUT2D eigenvalue weighted by Crippen LogP contribution is -2.24. The number of benzene rings is 1. The highest BCUT2D eigenvalue weighted by Gasteiger charge is 2.12. The van der Waals surface area contributed by atoms with Crippen molar-refractivity contribution in [1.29, 1.82) is 0 Å². The first-order valence-corrected chi connectivity index (χ1v) is 7.57. The van der Waals surface area contributed by atoms with Crippen LogP contribution in [0.25, 0.3) is 0 Å². The Bertz CT molecular complexity index is 508. The number of carbonyl (C=O) groups excluding carboxylic acids is 1. The van der Waals surface area contributed by atoms with Crippen molar-refractivity contribution in [3.8, 4) is 0 Å². The third-order valence-electron chi connectivity index (χ3n) is 2.66. The summed E-state index contributed by atoms with van der Waals surface area (Å²) in [6.45, 7) is 2.21. The maximum Gasteiger partial charge on any atom is 0.305 e. The maximum absolute atomic E-state index is 11.9. The normalized spacial score (nSPS) is 11.3. The van der Waals surface area contributed by atoms with Gasteiger partial charge in [0.15, 0.2) is 0 Å². The number of rotatable bonds is 7. The zero-order valence-electron chi connectivity index (χ0n) is 11.2. The van der Waals surface area contributed by atoms with Crippen LogP contribution in [-0.2, 0) is 19.6 Å². The average Bonchev–Trinajstić information content (AvgIpc) is 2.38. The number of aryl methyl sites for hydroxylation is 1. The summed E-state index contributed by atoms with van der Waals surface area (Å²) in [5.41, 5.74) is 1.01. The summed E-state index contributed by atoms with van der Waals surface area (Å²) in [5, 5.41) is 0. The Balaban J connectivity index is 2.39. The predicted molar refractivity (Wildman–Crippen MR) is 72.2 cm³/mol. The number of methoxy groups -OCH3 is 1. The van der Waals surface area contributed by atoms with Crippen LogP contribution in [0.3, 0.4) is 0 Å². The van der Waals surface area contributed by atoms with E-state index in [9.17, 15) is 13.2 Å². The van der Waals surface area contributed by atoms with Gasteiger partial charge in [-0.25, -0.2) is 13.1 Å². The van der Waals surface area contributed by atoms with Gasteiger partial charge in [-0.1, -0.05) is 17.7 Å². The van der Waals surface area contributed by atoms with E-state index in [1.165, 1.54) is 7.11 Å². The van der Waals surface area contributed by atoms with E-state index in [-0.39, 0.29) is 10.9 Å². The van der Waals surface area contributed by atoms with Gasteiger partial charge in [-0.2, -0.15) is 0 Å². The number of unbranched alkanes of at least 4 members (excludes halogenated alkanes) is 1. The molecule has 0 saturated heterocycles. The lowest BCUT2D eigenvalue weighted by Gasteiger charge is -2.06. The van der Waals surface area contributed by atoms with Gasteiger partial charge in [0.1, 0.15) is 0 Å². The Morgan fingerprint density at radius 1 is 1.21 bits per heavy atom. The molecule has 0 bridgehead atoms. The van der Waals surface area contributed by atoms with Crippen LogP contribution in [0.2, 0.25) is 0 Å². The second-order valence-electron chi connectivity index (χ2n) is 4.24. The third kappa shape index (κ3) is 5.40. The second-order valence-corrected chi connectivity index (χ2v) is 6.01. The molecule has 0 amide bonds. The van der Waals surface area contributed by atoms with Gasteiger partial charge in [0.05, 0.1) is 12.0 Å². The first-order valence-electron chi connectivity index (χ1n) is 6.09. The third-order valence-corrected chi connectivity index (χ3v) is 4.14. The number of esters is 1. The number of hydrogen-bond donors (Lipinski definition) is 1. The van der Waals surface area contributed by atoms with Crippen molar-refractivity contribution in [3.63, 3.8) is 0 Å². The fraction of sp³-hybridized carbons (Fsp3) is 0.462. The maximum atomic E-state index is 11.9. The van der Waals surface area contributed by atoms with Crippen LogP contribution in [0, 0.1) is 6.92 Å². The molecule has 0 aliphatic carbocycles. The molecule has 1 rings (SSSR count). The predicted octanol–water partition coefficient (Wildman–Crippen LogP) is 1.62. The highest BCUT2D eigenvalue weighted by atomic mass is 32.2. The Morgan fingerprint density at radius 3 is 2.42 bits per heavy atom. The van der Waals surface area contributed by atoms with Crippen molar-refractivity contribution < 1.29 is 17.9 Å². The van der Waals surface area contributed by atoms with Gasteiger partial charge in [-0.05, 0) is 31.9 Å². The van der Waals surface area contributed by atoms with Crippen LogP contribution in [0.15, 0.2) is 29.2 Å². The molecule has 0 atom stereocenters. The summed E-state index contributed by atoms with van der Waals surface area (Å²) in [6.07, 6.45) is 1.51. The smallest absolute Gasteiger partial charge is 0.305 e. The van der Waals surface area contributed by atoms with Crippen LogP contribution >= 0.6 is 0 Å². The van der Waals surface area contributed by atoms with Gasteiger partial charge in [-0.15, -0.1) is 0 Å². The van der Waals surface area contributed by atoms with Crippen LogP contribution in [-0.4, -0.2) is 28.0 Å². The number of sulfonamides is 1. The Hall–Kier alpha value is -1.40. The van der Waals surface area contributed by atoms with Gasteiger partial charge in [0, 0.05) is 13.0 Å². The van der Waals surface area contributed by atoms with Crippen LogP contribution < -0.4 is 4.72 Å². The molecule has 0 heterocycles. The van der Waals surface area contributed by atoms with Crippen molar-refractivity contribution in [3.05, 3.63) is 29.8 Å². The molecule has 0 aromatic heterocycles. The summed E-state index contributed by atoms with van der Waals surface area (Å²) in [4.78, 5) is 11.1. The number of hydrogen-bond acceptors (Lipinski definition) is 4. The molecular formula is C13H19NO4S. The molecule has 0 aliphatic heterocycles. The molecule has 106 valence electrons. The van der Waals surface area contributed by atoms with Gasteiger partial charge < -0.3 is 4.74 Å². The van der Waals surface area contributed by atoms with Crippen LogP contribution in [0.1, 0.15) is 24.8 Å². The molecule has 0 unspecified atom stereocenters. The summed E-state index contributed by atoms with van der Waals surface area (Å²) >= 11 is 0. The molecular weight excluding hydrogens is 266 g/mol. The zero-order valence-corrected chi connectivity index (χ0v) is 12.0. The Morgan fingerprint density at radius 2 is 1.84 bits per heavy atom. The molecule has 5 nitrogen and oxygen atoms in total. The van der Waals surface area contributed by atoms with E-state index in [0.29, 0.717) is 25.8 Å². The summed E-state index contributed by atoms with van der Waals surface area (Å²) < 4.78 is 30.8. The summed E-state index contributed by atoms with van der Waals surface area (Å²) in [5.74, 6) is -0.276. The van der Waals surface area contributed by atoms with Crippen molar-refractivity contribution in [2.24, 2.45) is 0 Å². The highest BCUT2D eigenvalue weighted by Crippen LogP contribution is 2.09.